The van der Waals surface area contributed by atoms with E-state index in [1.807, 2.05) is 54.6 Å². The summed E-state index contributed by atoms with van der Waals surface area (Å²) in [6, 6.07) is 61.7. The van der Waals surface area contributed by atoms with Gasteiger partial charge in [0, 0.05) is 22.3 Å². The van der Waals surface area contributed by atoms with Gasteiger partial charge in [-0.1, -0.05) is 170 Å². The molecule has 9 rings (SSSR count). The summed E-state index contributed by atoms with van der Waals surface area (Å²) in [4.78, 5) is 15.1. The summed E-state index contributed by atoms with van der Waals surface area (Å²) in [5.41, 5.74) is 8.40. The third-order valence-electron chi connectivity index (χ3n) is 9.45. The molecule has 0 bridgehead atoms. The lowest BCUT2D eigenvalue weighted by molar-refractivity contribution is 0.477. The standard InChI is InChI=1S/C47H31N3O/c51-43-23-11-22-42(44(43)41-20-9-8-19-40(41)39-21-10-17-33-13-6-7-18-38(33)39)47-49-45(34-14-2-1-3-15-34)48-46(50-47)35-27-24-32(25-28-35)37-29-26-31-12-4-5-16-36(31)30-37/h1-30,51H. The zero-order valence-electron chi connectivity index (χ0n) is 27.6. The monoisotopic (exact) mass is 653 g/mol. The highest BCUT2D eigenvalue weighted by atomic mass is 16.3. The van der Waals surface area contributed by atoms with Crippen molar-refractivity contribution in [2.75, 3.05) is 0 Å². The molecule has 0 saturated carbocycles. The Kier molecular flexibility index (Phi) is 7.60. The van der Waals surface area contributed by atoms with Gasteiger partial charge < -0.3 is 5.11 Å². The molecule has 0 saturated heterocycles. The average molecular weight is 654 g/mol. The molecule has 0 aliphatic rings. The van der Waals surface area contributed by atoms with E-state index in [4.69, 9.17) is 15.0 Å². The molecule has 51 heavy (non-hydrogen) atoms. The highest BCUT2D eigenvalue weighted by molar-refractivity contribution is 6.02. The lowest BCUT2D eigenvalue weighted by atomic mass is 9.89. The molecule has 0 fully saturated rings. The van der Waals surface area contributed by atoms with Crippen LogP contribution in [0.4, 0.5) is 0 Å². The van der Waals surface area contributed by atoms with Crippen molar-refractivity contribution in [1.29, 1.82) is 0 Å². The zero-order valence-corrected chi connectivity index (χ0v) is 27.6. The summed E-state index contributed by atoms with van der Waals surface area (Å²) < 4.78 is 0. The highest BCUT2D eigenvalue weighted by Crippen LogP contribution is 2.44. The summed E-state index contributed by atoms with van der Waals surface area (Å²) in [6.45, 7) is 0. The van der Waals surface area contributed by atoms with Crippen molar-refractivity contribution in [3.8, 4) is 73.3 Å². The lowest BCUT2D eigenvalue weighted by Gasteiger charge is -2.17. The Bertz CT molecular complexity index is 2700. The van der Waals surface area contributed by atoms with Crippen LogP contribution >= 0.6 is 0 Å². The van der Waals surface area contributed by atoms with E-state index in [1.54, 1.807) is 6.07 Å². The molecule has 1 N–H and O–H groups in total. The summed E-state index contributed by atoms with van der Waals surface area (Å²) in [5, 5.41) is 16.3. The average Bonchev–Trinajstić information content (AvgIpc) is 3.20. The lowest BCUT2D eigenvalue weighted by Crippen LogP contribution is -2.01. The molecular weight excluding hydrogens is 623 g/mol. The molecule has 0 aliphatic carbocycles. The van der Waals surface area contributed by atoms with E-state index in [2.05, 4.69) is 121 Å². The van der Waals surface area contributed by atoms with E-state index in [0.29, 0.717) is 23.0 Å². The second-order valence-electron chi connectivity index (χ2n) is 12.6. The van der Waals surface area contributed by atoms with Crippen LogP contribution in [-0.4, -0.2) is 20.1 Å². The van der Waals surface area contributed by atoms with Crippen LogP contribution in [0, 0.1) is 0 Å². The maximum Gasteiger partial charge on any atom is 0.164 e. The van der Waals surface area contributed by atoms with Crippen molar-refractivity contribution < 1.29 is 5.11 Å². The number of aromatic nitrogens is 3. The van der Waals surface area contributed by atoms with Gasteiger partial charge in [0.05, 0.1) is 0 Å². The van der Waals surface area contributed by atoms with Gasteiger partial charge in [-0.3, -0.25) is 0 Å². The van der Waals surface area contributed by atoms with Crippen molar-refractivity contribution in [2.24, 2.45) is 0 Å². The van der Waals surface area contributed by atoms with Crippen LogP contribution < -0.4 is 0 Å². The van der Waals surface area contributed by atoms with E-state index in [1.165, 1.54) is 10.8 Å². The van der Waals surface area contributed by atoms with Crippen LogP contribution in [0.3, 0.4) is 0 Å². The van der Waals surface area contributed by atoms with Crippen LogP contribution in [-0.2, 0) is 0 Å². The fraction of sp³-hybridized carbons (Fsp3) is 0. The van der Waals surface area contributed by atoms with Gasteiger partial charge in [-0.2, -0.15) is 0 Å². The molecule has 0 aliphatic heterocycles. The van der Waals surface area contributed by atoms with Gasteiger partial charge in [0.25, 0.3) is 0 Å². The van der Waals surface area contributed by atoms with Gasteiger partial charge in [0.2, 0.25) is 0 Å². The Morgan fingerprint density at radius 3 is 1.65 bits per heavy atom. The molecule has 8 aromatic carbocycles. The predicted octanol–water partition coefficient (Wildman–Crippen LogP) is 11.9. The van der Waals surface area contributed by atoms with Crippen LogP contribution in [0.1, 0.15) is 0 Å². The Hall–Kier alpha value is -6.91. The first-order valence-corrected chi connectivity index (χ1v) is 17.0. The predicted molar refractivity (Wildman–Crippen MR) is 209 cm³/mol. The minimum atomic E-state index is 0.156. The number of aromatic hydroxyl groups is 1. The fourth-order valence-corrected chi connectivity index (χ4v) is 6.93. The maximum absolute atomic E-state index is 11.6. The number of rotatable bonds is 6. The van der Waals surface area contributed by atoms with Crippen molar-refractivity contribution in [1.82, 2.24) is 15.0 Å². The Morgan fingerprint density at radius 2 is 0.843 bits per heavy atom. The smallest absolute Gasteiger partial charge is 0.164 e. The van der Waals surface area contributed by atoms with Crippen LogP contribution in [0.15, 0.2) is 182 Å². The molecule has 0 atom stereocenters. The molecule has 0 unspecified atom stereocenters. The number of nitrogens with zero attached hydrogens (tertiary/aromatic N) is 3. The fourth-order valence-electron chi connectivity index (χ4n) is 6.93. The Labute approximate surface area is 296 Å². The SMILES string of the molecule is Oc1cccc(-c2nc(-c3ccccc3)nc(-c3ccc(-c4ccc5ccccc5c4)cc3)n2)c1-c1ccccc1-c1cccc2ccccc12. The van der Waals surface area contributed by atoms with Gasteiger partial charge in [-0.25, -0.2) is 15.0 Å². The third-order valence-corrected chi connectivity index (χ3v) is 9.45. The molecular formula is C47H31N3O. The number of hydrogen-bond donors (Lipinski definition) is 1. The molecule has 1 heterocycles. The number of benzene rings is 8. The summed E-state index contributed by atoms with van der Waals surface area (Å²) in [5.74, 6) is 1.76. The Morgan fingerprint density at radius 1 is 0.314 bits per heavy atom. The first kappa shape index (κ1) is 30.2. The van der Waals surface area contributed by atoms with Crippen molar-refractivity contribution in [3.63, 3.8) is 0 Å². The minimum absolute atomic E-state index is 0.156. The second kappa shape index (κ2) is 12.8. The van der Waals surface area contributed by atoms with E-state index < -0.39 is 0 Å². The molecule has 4 heteroatoms. The summed E-state index contributed by atoms with van der Waals surface area (Å²) in [6.07, 6.45) is 0. The number of phenolic OH excluding ortho intramolecular Hbond substituents is 1. The Balaban J connectivity index is 1.20. The molecule has 4 nitrogen and oxygen atoms in total. The topological polar surface area (TPSA) is 58.9 Å². The minimum Gasteiger partial charge on any atom is -0.507 e. The van der Waals surface area contributed by atoms with Gasteiger partial charge in [-0.05, 0) is 61.5 Å². The summed E-state index contributed by atoms with van der Waals surface area (Å²) >= 11 is 0. The largest absolute Gasteiger partial charge is 0.507 e. The van der Waals surface area contributed by atoms with Gasteiger partial charge in [0.15, 0.2) is 17.5 Å². The van der Waals surface area contributed by atoms with Crippen molar-refractivity contribution in [3.05, 3.63) is 182 Å². The van der Waals surface area contributed by atoms with Gasteiger partial charge in [0.1, 0.15) is 5.75 Å². The van der Waals surface area contributed by atoms with E-state index in [-0.39, 0.29) is 5.75 Å². The van der Waals surface area contributed by atoms with Crippen LogP contribution in [0.25, 0.3) is 89.1 Å². The molecule has 0 amide bonds. The van der Waals surface area contributed by atoms with E-state index in [0.717, 1.165) is 55.3 Å². The number of hydrogen-bond acceptors (Lipinski definition) is 4. The molecule has 0 spiro atoms. The molecule has 9 aromatic rings. The van der Waals surface area contributed by atoms with E-state index >= 15 is 0 Å². The quantitative estimate of drug-likeness (QED) is 0.194. The normalized spacial score (nSPS) is 11.2. The van der Waals surface area contributed by atoms with Crippen molar-refractivity contribution in [2.45, 2.75) is 0 Å². The van der Waals surface area contributed by atoms with Gasteiger partial charge in [-0.15, -0.1) is 0 Å². The van der Waals surface area contributed by atoms with Crippen LogP contribution in [0.5, 0.6) is 5.75 Å². The molecule has 0 radical (unpaired) electrons. The zero-order chi connectivity index (χ0) is 34.1. The van der Waals surface area contributed by atoms with E-state index in [9.17, 15) is 5.11 Å². The van der Waals surface area contributed by atoms with Gasteiger partial charge >= 0.3 is 0 Å². The first-order chi connectivity index (χ1) is 25.2. The first-order valence-electron chi connectivity index (χ1n) is 17.0. The number of fused-ring (bicyclic) bond motifs is 2. The highest BCUT2D eigenvalue weighted by Gasteiger charge is 2.21. The van der Waals surface area contributed by atoms with Crippen molar-refractivity contribution >= 4 is 21.5 Å². The summed E-state index contributed by atoms with van der Waals surface area (Å²) in [7, 11) is 0. The molecule has 240 valence electrons. The third kappa shape index (κ3) is 5.69. The maximum atomic E-state index is 11.6. The van der Waals surface area contributed by atoms with Crippen LogP contribution in [0.2, 0.25) is 0 Å². The molecule has 1 aromatic heterocycles. The second-order valence-corrected chi connectivity index (χ2v) is 12.6. The number of phenols is 1.